The topological polar surface area (TPSA) is 174 Å². The highest BCUT2D eigenvalue weighted by Gasteiger charge is 2.36. The van der Waals surface area contributed by atoms with E-state index in [4.69, 9.17) is 11.5 Å². The minimum absolute atomic E-state index is 0.00840. The Bertz CT molecular complexity index is 2400. The molecule has 1 saturated heterocycles. The van der Waals surface area contributed by atoms with Gasteiger partial charge in [0.05, 0.1) is 52.4 Å². The second-order valence-electron chi connectivity index (χ2n) is 16.5. The fraction of sp³-hybridized carbons (Fsp3) is 0.366. The Balaban J connectivity index is 1.24. The van der Waals surface area contributed by atoms with Crippen LogP contribution in [0.2, 0.25) is 0 Å². The van der Waals surface area contributed by atoms with E-state index in [1.807, 2.05) is 71.1 Å². The van der Waals surface area contributed by atoms with E-state index in [1.165, 1.54) is 6.20 Å². The van der Waals surface area contributed by atoms with Gasteiger partial charge in [0, 0.05) is 48.8 Å². The second-order valence-corrected chi connectivity index (χ2v) is 16.5. The lowest BCUT2D eigenvalue weighted by Gasteiger charge is -2.31. The number of benzene rings is 1. The summed E-state index contributed by atoms with van der Waals surface area (Å²) in [7, 11) is 0. The highest BCUT2D eigenvalue weighted by molar-refractivity contribution is 6.04. The number of carbonyl (C=O) groups excluding carboxylic acids is 3. The molecule has 0 spiro atoms. The van der Waals surface area contributed by atoms with E-state index in [0.29, 0.717) is 47.7 Å². The Morgan fingerprint density at radius 1 is 0.891 bits per heavy atom. The Hall–Kier alpha value is -6.18. The largest absolute Gasteiger partial charge is 0.379 e. The van der Waals surface area contributed by atoms with Crippen LogP contribution in [0.25, 0.3) is 16.7 Å². The molecule has 6 aromatic rings. The number of amides is 3. The van der Waals surface area contributed by atoms with Crippen molar-refractivity contribution in [2.75, 3.05) is 22.1 Å². The summed E-state index contributed by atoms with van der Waals surface area (Å²) in [6.07, 6.45) is 11.0. The molecular formula is C41H50N11O3+. The van der Waals surface area contributed by atoms with Gasteiger partial charge in [0.1, 0.15) is 11.1 Å². The molecule has 14 heteroatoms. The standard InChI is InChI=1S/C41H49N11O3/c1-25(40(3,4)5)46-37-32(39(43)55)23-48(52-22-30(18-34(37)52)50-15-11-14-44-50)24-41(6,7)26(2)47-36-31(38(42)54)19-45-51-21-29(17-33(36)51)49-20-28(16-35(49)53)27-12-9-8-10-13-27/h8-15,17-19,21-23,25-26,28H,16,20,24H2,1-7H3,(H5,42,43,45,47,54,55)/p+1. The number of fused-ring (bicyclic) bond motifs is 2. The average molecular weight is 745 g/mol. The zero-order valence-electron chi connectivity index (χ0n) is 32.4. The van der Waals surface area contributed by atoms with Gasteiger partial charge < -0.3 is 27.0 Å². The fourth-order valence-electron chi connectivity index (χ4n) is 7.09. The summed E-state index contributed by atoms with van der Waals surface area (Å²) < 4.78 is 7.45. The average Bonchev–Trinajstić information content (AvgIpc) is 3.95. The second kappa shape index (κ2) is 13.9. The van der Waals surface area contributed by atoms with Gasteiger partial charge in [0.15, 0.2) is 6.54 Å². The molecule has 3 atom stereocenters. The van der Waals surface area contributed by atoms with E-state index in [9.17, 15) is 14.4 Å². The number of hydrogen-bond donors (Lipinski definition) is 4. The van der Waals surface area contributed by atoms with E-state index in [0.717, 1.165) is 16.8 Å². The molecule has 0 bridgehead atoms. The smallest absolute Gasteiger partial charge is 0.257 e. The van der Waals surface area contributed by atoms with Crippen LogP contribution in [-0.4, -0.2) is 60.3 Å². The predicted octanol–water partition coefficient (Wildman–Crippen LogP) is 5.15. The van der Waals surface area contributed by atoms with Crippen LogP contribution in [0, 0.1) is 10.8 Å². The molecule has 14 nitrogen and oxygen atoms in total. The molecule has 3 unspecified atom stereocenters. The summed E-state index contributed by atoms with van der Waals surface area (Å²) in [4.78, 5) is 41.0. The van der Waals surface area contributed by atoms with Gasteiger partial charge in [-0.3, -0.25) is 14.4 Å². The molecule has 7 rings (SSSR count). The van der Waals surface area contributed by atoms with Gasteiger partial charge in [0.2, 0.25) is 12.1 Å². The zero-order chi connectivity index (χ0) is 39.4. The summed E-state index contributed by atoms with van der Waals surface area (Å²) >= 11 is 0. The lowest BCUT2D eigenvalue weighted by atomic mass is 9.85. The number of anilines is 3. The van der Waals surface area contributed by atoms with Crippen LogP contribution in [0.1, 0.15) is 87.1 Å². The van der Waals surface area contributed by atoms with Crippen molar-refractivity contribution in [3.8, 4) is 5.69 Å². The highest BCUT2D eigenvalue weighted by Crippen LogP contribution is 2.36. The van der Waals surface area contributed by atoms with Gasteiger partial charge in [-0.2, -0.15) is 10.2 Å². The lowest BCUT2D eigenvalue weighted by molar-refractivity contribution is -0.773. The predicted molar refractivity (Wildman–Crippen MR) is 213 cm³/mol. The number of nitrogens with two attached hydrogens (primary N) is 2. The normalized spacial score (nSPS) is 16.2. The number of nitrogens with one attached hydrogen (secondary N) is 2. The first-order chi connectivity index (χ1) is 26.0. The van der Waals surface area contributed by atoms with Crippen molar-refractivity contribution in [2.45, 2.75) is 79.4 Å². The molecule has 55 heavy (non-hydrogen) atoms. The molecule has 286 valence electrons. The molecular weight excluding hydrogens is 695 g/mol. The minimum Gasteiger partial charge on any atom is -0.379 e. The first-order valence-corrected chi connectivity index (χ1v) is 18.6. The van der Waals surface area contributed by atoms with Gasteiger partial charge >= 0.3 is 0 Å². The highest BCUT2D eigenvalue weighted by atomic mass is 16.2. The van der Waals surface area contributed by atoms with Crippen molar-refractivity contribution in [2.24, 2.45) is 22.3 Å². The first kappa shape index (κ1) is 37.1. The monoisotopic (exact) mass is 744 g/mol. The van der Waals surface area contributed by atoms with Crippen LogP contribution in [0.15, 0.2) is 85.7 Å². The van der Waals surface area contributed by atoms with Gasteiger partial charge in [-0.05, 0) is 43.0 Å². The van der Waals surface area contributed by atoms with Crippen molar-refractivity contribution in [3.63, 3.8) is 0 Å². The SMILES string of the molecule is CC(Nc1c(C(N)=O)c[n+](CC(C)(C)C(C)Nc2c(C(N)=O)cnn3cc(N4CC(c5ccccc5)CC4=O)cc23)n2cc(-n3cccn3)cc12)C(C)(C)C. The van der Waals surface area contributed by atoms with Crippen LogP contribution in [0.5, 0.6) is 0 Å². The molecule has 1 aromatic carbocycles. The lowest BCUT2D eigenvalue weighted by Crippen LogP contribution is -2.52. The van der Waals surface area contributed by atoms with Gasteiger partial charge in [-0.15, -0.1) is 9.20 Å². The van der Waals surface area contributed by atoms with E-state index < -0.39 is 17.2 Å². The number of hydrogen-bond acceptors (Lipinski definition) is 7. The molecule has 0 radical (unpaired) electrons. The van der Waals surface area contributed by atoms with Crippen LogP contribution in [0.4, 0.5) is 17.1 Å². The van der Waals surface area contributed by atoms with Crippen LogP contribution >= 0.6 is 0 Å². The molecule has 1 aliphatic rings. The Morgan fingerprint density at radius 3 is 2.22 bits per heavy atom. The summed E-state index contributed by atoms with van der Waals surface area (Å²) in [5.74, 6) is -1.07. The van der Waals surface area contributed by atoms with E-state index >= 15 is 0 Å². The molecule has 0 aliphatic carbocycles. The van der Waals surface area contributed by atoms with E-state index in [1.54, 1.807) is 26.5 Å². The van der Waals surface area contributed by atoms with Crippen molar-refractivity contribution in [1.82, 2.24) is 23.9 Å². The quantitative estimate of drug-likeness (QED) is 0.125. The van der Waals surface area contributed by atoms with Gasteiger partial charge in [0.25, 0.3) is 11.8 Å². The Kier molecular flexibility index (Phi) is 9.39. The third kappa shape index (κ3) is 7.11. The van der Waals surface area contributed by atoms with E-state index in [2.05, 4.69) is 74.5 Å². The molecule has 0 saturated carbocycles. The maximum absolute atomic E-state index is 13.3. The Labute approximate surface area is 320 Å². The number of nitrogens with zero attached hydrogens (tertiary/aromatic N) is 7. The fourth-order valence-corrected chi connectivity index (χ4v) is 7.09. The summed E-state index contributed by atoms with van der Waals surface area (Å²) in [6.45, 7) is 15.7. The van der Waals surface area contributed by atoms with Crippen molar-refractivity contribution in [3.05, 3.63) is 102 Å². The van der Waals surface area contributed by atoms with E-state index in [-0.39, 0.29) is 34.9 Å². The molecule has 1 aliphatic heterocycles. The number of rotatable bonds is 12. The van der Waals surface area contributed by atoms with Crippen LogP contribution in [0.3, 0.4) is 0 Å². The third-order valence-corrected chi connectivity index (χ3v) is 11.3. The summed E-state index contributed by atoms with van der Waals surface area (Å²) in [5, 5.41) is 16.1. The number of aromatic nitrogens is 6. The van der Waals surface area contributed by atoms with Crippen LogP contribution < -0.4 is 31.7 Å². The minimum atomic E-state index is -0.625. The van der Waals surface area contributed by atoms with Crippen molar-refractivity contribution >= 4 is 45.8 Å². The van der Waals surface area contributed by atoms with Crippen molar-refractivity contribution < 1.29 is 19.1 Å². The zero-order valence-corrected chi connectivity index (χ0v) is 32.4. The maximum atomic E-state index is 13.3. The van der Waals surface area contributed by atoms with Crippen LogP contribution in [-0.2, 0) is 11.3 Å². The molecule has 1 fully saturated rings. The molecule has 5 aromatic heterocycles. The maximum Gasteiger partial charge on any atom is 0.257 e. The molecule has 3 amide bonds. The first-order valence-electron chi connectivity index (χ1n) is 18.6. The number of primary amides is 2. The molecule has 6 N–H and O–H groups in total. The van der Waals surface area contributed by atoms with Gasteiger partial charge in [-0.1, -0.05) is 65.0 Å². The molecule has 6 heterocycles. The number of carbonyl (C=O) groups is 3. The van der Waals surface area contributed by atoms with Crippen molar-refractivity contribution in [1.29, 1.82) is 0 Å². The summed E-state index contributed by atoms with van der Waals surface area (Å²) in [6, 6.07) is 15.5. The Morgan fingerprint density at radius 2 is 1.56 bits per heavy atom. The third-order valence-electron chi connectivity index (χ3n) is 11.3. The summed E-state index contributed by atoms with van der Waals surface area (Å²) in [5.41, 5.74) is 17.2. The van der Waals surface area contributed by atoms with Gasteiger partial charge in [-0.25, -0.2) is 9.20 Å².